The fraction of sp³-hybridized carbons (Fsp3) is 0.938. The minimum absolute atomic E-state index is 0.0802. The molecule has 2 amide bonds. The van der Waals surface area contributed by atoms with Crippen molar-refractivity contribution in [1.29, 1.82) is 0 Å². The van der Waals surface area contributed by atoms with Crippen LogP contribution in [0, 0.1) is 10.8 Å². The summed E-state index contributed by atoms with van der Waals surface area (Å²) in [7, 11) is 0. The van der Waals surface area contributed by atoms with Crippen molar-refractivity contribution in [3.63, 3.8) is 0 Å². The van der Waals surface area contributed by atoms with Crippen LogP contribution < -0.4 is 10.6 Å². The van der Waals surface area contributed by atoms with Crippen LogP contribution in [0.5, 0.6) is 0 Å². The van der Waals surface area contributed by atoms with E-state index in [0.717, 1.165) is 13.0 Å². The van der Waals surface area contributed by atoms with Gasteiger partial charge in [0, 0.05) is 13.1 Å². The van der Waals surface area contributed by atoms with Crippen molar-refractivity contribution >= 4 is 6.03 Å². The van der Waals surface area contributed by atoms with E-state index < -0.39 is 0 Å². The molecular formula is C16H32N2O2. The van der Waals surface area contributed by atoms with E-state index in [9.17, 15) is 9.90 Å². The van der Waals surface area contributed by atoms with Gasteiger partial charge in [0.2, 0.25) is 0 Å². The lowest BCUT2D eigenvalue weighted by molar-refractivity contribution is 0.128. The summed E-state index contributed by atoms with van der Waals surface area (Å²) >= 11 is 0. The van der Waals surface area contributed by atoms with Gasteiger partial charge >= 0.3 is 6.03 Å². The van der Waals surface area contributed by atoms with Crippen LogP contribution in [0.3, 0.4) is 0 Å². The van der Waals surface area contributed by atoms with Crippen LogP contribution >= 0.6 is 0 Å². The molecule has 0 saturated heterocycles. The molecule has 0 aromatic carbocycles. The monoisotopic (exact) mass is 284 g/mol. The predicted molar refractivity (Wildman–Crippen MR) is 82.7 cm³/mol. The number of hydrogen-bond donors (Lipinski definition) is 3. The second kappa shape index (κ2) is 7.30. The number of carbonyl (C=O) groups excluding carboxylic acids is 1. The highest BCUT2D eigenvalue weighted by molar-refractivity contribution is 5.73. The molecule has 3 N–H and O–H groups in total. The van der Waals surface area contributed by atoms with Gasteiger partial charge in [-0.15, -0.1) is 0 Å². The second-order valence-corrected chi connectivity index (χ2v) is 7.31. The van der Waals surface area contributed by atoms with Gasteiger partial charge in [-0.3, -0.25) is 0 Å². The summed E-state index contributed by atoms with van der Waals surface area (Å²) in [5, 5.41) is 15.4. The maximum atomic E-state index is 11.9. The molecular weight excluding hydrogens is 252 g/mol. The third-order valence-corrected chi connectivity index (χ3v) is 4.61. The molecule has 1 fully saturated rings. The number of aliphatic hydroxyl groups is 1. The quantitative estimate of drug-likeness (QED) is 0.673. The average molecular weight is 284 g/mol. The summed E-state index contributed by atoms with van der Waals surface area (Å²) in [6, 6.07) is -0.0802. The highest BCUT2D eigenvalue weighted by Crippen LogP contribution is 2.40. The van der Waals surface area contributed by atoms with Crippen molar-refractivity contribution < 1.29 is 9.90 Å². The molecule has 1 unspecified atom stereocenters. The van der Waals surface area contributed by atoms with Crippen LogP contribution in [0.2, 0.25) is 0 Å². The molecule has 20 heavy (non-hydrogen) atoms. The molecule has 1 saturated carbocycles. The molecule has 0 radical (unpaired) electrons. The highest BCUT2D eigenvalue weighted by atomic mass is 16.3. The number of urea groups is 1. The topological polar surface area (TPSA) is 61.4 Å². The molecule has 4 nitrogen and oxygen atoms in total. The number of nitrogens with one attached hydrogen (secondary N) is 2. The average Bonchev–Trinajstić information content (AvgIpc) is 2.82. The first-order valence-corrected chi connectivity index (χ1v) is 7.98. The Hall–Kier alpha value is -0.770. The van der Waals surface area contributed by atoms with E-state index >= 15 is 0 Å². The Bertz CT molecular complexity index is 308. The lowest BCUT2D eigenvalue weighted by Crippen LogP contribution is -2.44. The lowest BCUT2D eigenvalue weighted by Gasteiger charge is -2.29. The molecule has 0 spiro atoms. The molecule has 0 bridgehead atoms. The molecule has 1 aliphatic carbocycles. The molecule has 4 heteroatoms. The van der Waals surface area contributed by atoms with Crippen molar-refractivity contribution in [2.45, 2.75) is 72.3 Å². The van der Waals surface area contributed by atoms with Crippen molar-refractivity contribution in [2.24, 2.45) is 10.8 Å². The third-order valence-electron chi connectivity index (χ3n) is 4.61. The van der Waals surface area contributed by atoms with Crippen LogP contribution in [0.1, 0.15) is 66.2 Å². The minimum Gasteiger partial charge on any atom is -0.393 e. The Morgan fingerprint density at radius 2 is 1.90 bits per heavy atom. The van der Waals surface area contributed by atoms with E-state index in [1.165, 1.54) is 25.7 Å². The Balaban J connectivity index is 2.30. The summed E-state index contributed by atoms with van der Waals surface area (Å²) in [6.45, 7) is 9.49. The van der Waals surface area contributed by atoms with Crippen LogP contribution in [0.25, 0.3) is 0 Å². The molecule has 0 aromatic heterocycles. The summed E-state index contributed by atoms with van der Waals surface area (Å²) < 4.78 is 0. The first-order valence-electron chi connectivity index (χ1n) is 7.98. The van der Waals surface area contributed by atoms with Crippen LogP contribution in [0.15, 0.2) is 0 Å². The molecule has 118 valence electrons. The zero-order valence-electron chi connectivity index (χ0n) is 13.6. The summed E-state index contributed by atoms with van der Waals surface area (Å²) in [5.41, 5.74) is 0.244. The molecule has 0 heterocycles. The Morgan fingerprint density at radius 1 is 1.30 bits per heavy atom. The third kappa shape index (κ3) is 5.70. The van der Waals surface area contributed by atoms with Gasteiger partial charge in [-0.25, -0.2) is 4.79 Å². The number of carbonyl (C=O) groups is 1. The van der Waals surface area contributed by atoms with Gasteiger partial charge < -0.3 is 15.7 Å². The molecule has 1 aliphatic rings. The molecule has 1 rings (SSSR count). The van der Waals surface area contributed by atoms with Gasteiger partial charge in [0.1, 0.15) is 0 Å². The summed E-state index contributed by atoms with van der Waals surface area (Å²) in [6.07, 6.45) is 6.54. The van der Waals surface area contributed by atoms with Crippen molar-refractivity contribution in [3.05, 3.63) is 0 Å². The van der Waals surface area contributed by atoms with Gasteiger partial charge in [0.15, 0.2) is 0 Å². The second-order valence-electron chi connectivity index (χ2n) is 7.31. The Kier molecular flexibility index (Phi) is 6.31. The SMILES string of the molecule is CCC1(CNC(=O)NCC(C)(C)CC(C)O)CCCC1. The largest absolute Gasteiger partial charge is 0.393 e. The summed E-state index contributed by atoms with van der Waals surface area (Å²) in [4.78, 5) is 11.9. The Labute approximate surface area is 123 Å². The number of amides is 2. The maximum Gasteiger partial charge on any atom is 0.314 e. The van der Waals surface area contributed by atoms with Gasteiger partial charge in [-0.1, -0.05) is 33.6 Å². The molecule has 1 atom stereocenters. The Morgan fingerprint density at radius 3 is 2.40 bits per heavy atom. The van der Waals surface area contributed by atoms with Gasteiger partial charge in [-0.2, -0.15) is 0 Å². The fourth-order valence-electron chi connectivity index (χ4n) is 3.30. The van der Waals surface area contributed by atoms with Gasteiger partial charge in [0.25, 0.3) is 0 Å². The van der Waals surface area contributed by atoms with Crippen molar-refractivity contribution in [1.82, 2.24) is 10.6 Å². The number of hydrogen-bond acceptors (Lipinski definition) is 2. The van der Waals surface area contributed by atoms with E-state index in [2.05, 4.69) is 31.4 Å². The van der Waals surface area contributed by atoms with Crippen molar-refractivity contribution in [3.8, 4) is 0 Å². The first kappa shape index (κ1) is 17.3. The number of rotatable bonds is 7. The van der Waals surface area contributed by atoms with E-state index in [1.807, 2.05) is 0 Å². The highest BCUT2D eigenvalue weighted by Gasteiger charge is 2.32. The zero-order valence-corrected chi connectivity index (χ0v) is 13.6. The van der Waals surface area contributed by atoms with Crippen molar-refractivity contribution in [2.75, 3.05) is 13.1 Å². The molecule has 0 aromatic rings. The van der Waals surface area contributed by atoms with E-state index in [-0.39, 0.29) is 17.6 Å². The van der Waals surface area contributed by atoms with E-state index in [4.69, 9.17) is 0 Å². The molecule has 0 aliphatic heterocycles. The first-order chi connectivity index (χ1) is 9.29. The normalized spacial score (nSPS) is 19.6. The standard InChI is InChI=1S/C16H32N2O2/c1-5-16(8-6-7-9-16)12-18-14(20)17-11-15(3,4)10-13(2)19/h13,19H,5-12H2,1-4H3,(H2,17,18,20). The van der Waals surface area contributed by atoms with E-state index in [1.54, 1.807) is 6.92 Å². The predicted octanol–water partition coefficient (Wildman–Crippen LogP) is 3.05. The van der Waals surface area contributed by atoms with Gasteiger partial charge in [0.05, 0.1) is 6.10 Å². The maximum absolute atomic E-state index is 11.9. The fourth-order valence-corrected chi connectivity index (χ4v) is 3.30. The van der Waals surface area contributed by atoms with Gasteiger partial charge in [-0.05, 0) is 43.4 Å². The van der Waals surface area contributed by atoms with Crippen LogP contribution in [0.4, 0.5) is 4.79 Å². The van der Waals surface area contributed by atoms with Crippen LogP contribution in [-0.4, -0.2) is 30.3 Å². The lowest BCUT2D eigenvalue weighted by atomic mass is 9.83. The summed E-state index contributed by atoms with van der Waals surface area (Å²) in [5.74, 6) is 0. The number of aliphatic hydroxyl groups excluding tert-OH is 1. The zero-order chi connectivity index (χ0) is 15.2. The minimum atomic E-state index is -0.336. The van der Waals surface area contributed by atoms with E-state index in [0.29, 0.717) is 18.4 Å². The smallest absolute Gasteiger partial charge is 0.314 e. The van der Waals surface area contributed by atoms with Crippen LogP contribution in [-0.2, 0) is 0 Å².